The maximum atomic E-state index is 13.7. The minimum Gasteiger partial charge on any atom is -0.350 e. The molecule has 0 saturated heterocycles. The molecule has 0 radical (unpaired) electrons. The average Bonchev–Trinajstić information content (AvgIpc) is 2.76. The molecule has 210 valence electrons. The normalized spacial score (nSPS) is 13.1. The van der Waals surface area contributed by atoms with Gasteiger partial charge in [0.05, 0.1) is 22.5 Å². The van der Waals surface area contributed by atoms with Gasteiger partial charge in [-0.1, -0.05) is 42.8 Å². The largest absolute Gasteiger partial charge is 0.416 e. The van der Waals surface area contributed by atoms with E-state index in [1.165, 1.54) is 4.90 Å². The number of aryl methyl sites for hydroxylation is 1. The molecule has 2 aromatic carbocycles. The Hall–Kier alpha value is -2.79. The molecule has 1 atom stereocenters. The molecule has 2 rings (SSSR count). The van der Waals surface area contributed by atoms with Gasteiger partial charge < -0.3 is 10.2 Å². The maximum Gasteiger partial charge on any atom is 0.416 e. The van der Waals surface area contributed by atoms with Gasteiger partial charge in [-0.05, 0) is 63.4 Å². The number of hydrogen-bond donors (Lipinski definition) is 1. The Morgan fingerprint density at radius 1 is 1.08 bits per heavy atom. The van der Waals surface area contributed by atoms with Crippen LogP contribution in [0.5, 0.6) is 0 Å². The summed E-state index contributed by atoms with van der Waals surface area (Å²) in [6, 6.07) is 8.47. The predicted molar refractivity (Wildman–Crippen MR) is 142 cm³/mol. The highest BCUT2D eigenvalue weighted by molar-refractivity contribution is 7.92. The lowest BCUT2D eigenvalue weighted by molar-refractivity contribution is -0.141. The van der Waals surface area contributed by atoms with Gasteiger partial charge >= 0.3 is 6.18 Å². The topological polar surface area (TPSA) is 86.8 Å². The summed E-state index contributed by atoms with van der Waals surface area (Å²) in [5, 5.41) is 2.57. The summed E-state index contributed by atoms with van der Waals surface area (Å²) in [7, 11) is -4.26. The van der Waals surface area contributed by atoms with Gasteiger partial charge in [0.15, 0.2) is 0 Å². The lowest BCUT2D eigenvalue weighted by Gasteiger charge is -2.35. The maximum absolute atomic E-state index is 13.7. The van der Waals surface area contributed by atoms with E-state index in [9.17, 15) is 31.2 Å². The highest BCUT2D eigenvalue weighted by Gasteiger charge is 2.36. The van der Waals surface area contributed by atoms with E-state index in [2.05, 4.69) is 5.32 Å². The van der Waals surface area contributed by atoms with Crippen LogP contribution < -0.4 is 9.62 Å². The highest BCUT2D eigenvalue weighted by Crippen LogP contribution is 2.36. The predicted octanol–water partition coefficient (Wildman–Crippen LogP) is 5.16. The molecule has 0 heterocycles. The number of anilines is 1. The first kappa shape index (κ1) is 31.4. The van der Waals surface area contributed by atoms with Crippen LogP contribution in [0.4, 0.5) is 18.9 Å². The van der Waals surface area contributed by atoms with Crippen molar-refractivity contribution in [3.63, 3.8) is 0 Å². The molecule has 7 nitrogen and oxygen atoms in total. The summed E-state index contributed by atoms with van der Waals surface area (Å²) in [6.45, 7) is 8.02. The van der Waals surface area contributed by atoms with Crippen molar-refractivity contribution in [2.24, 2.45) is 0 Å². The Labute approximate surface area is 227 Å². The van der Waals surface area contributed by atoms with Gasteiger partial charge in [0, 0.05) is 12.1 Å². The van der Waals surface area contributed by atoms with E-state index < -0.39 is 57.4 Å². The molecule has 1 unspecified atom stereocenters. The van der Waals surface area contributed by atoms with Gasteiger partial charge in [-0.3, -0.25) is 13.9 Å². The smallest absolute Gasteiger partial charge is 0.350 e. The number of carbonyl (C=O) groups is 2. The second-order valence-electron chi connectivity index (χ2n) is 10.0. The number of alkyl halides is 3. The Morgan fingerprint density at radius 2 is 1.68 bits per heavy atom. The lowest BCUT2D eigenvalue weighted by atomic mass is 10.0. The van der Waals surface area contributed by atoms with E-state index in [1.807, 2.05) is 19.1 Å². The fraction of sp³-hybridized carbons (Fsp3) is 0.462. The van der Waals surface area contributed by atoms with Crippen LogP contribution >= 0.6 is 11.6 Å². The highest BCUT2D eigenvalue weighted by atomic mass is 35.5. The Bertz CT molecular complexity index is 1280. The molecule has 0 aliphatic carbocycles. The van der Waals surface area contributed by atoms with Crippen LogP contribution in [0.15, 0.2) is 42.5 Å². The molecule has 1 N–H and O–H groups in total. The molecule has 0 bridgehead atoms. The van der Waals surface area contributed by atoms with Gasteiger partial charge in [-0.15, -0.1) is 0 Å². The van der Waals surface area contributed by atoms with Crippen LogP contribution in [0.3, 0.4) is 0 Å². The first-order chi connectivity index (χ1) is 17.3. The molecular weight excluding hydrogens is 543 g/mol. The molecule has 0 aromatic heterocycles. The molecular formula is C26H33ClF3N3O4S. The van der Waals surface area contributed by atoms with Gasteiger partial charge in [-0.2, -0.15) is 13.2 Å². The van der Waals surface area contributed by atoms with E-state index in [4.69, 9.17) is 11.6 Å². The van der Waals surface area contributed by atoms with E-state index in [0.717, 1.165) is 29.5 Å². The molecule has 2 aromatic rings. The average molecular weight is 576 g/mol. The SMILES string of the molecule is CCC(C(=O)NC(C)(C)C)N(Cc1ccccc1C)C(=O)CN(c1cc(C(F)(F)F)ccc1Cl)S(C)(=O)=O. The van der Waals surface area contributed by atoms with E-state index in [-0.39, 0.29) is 18.0 Å². The molecule has 0 fully saturated rings. The third-order valence-corrected chi connectivity index (χ3v) is 7.15. The van der Waals surface area contributed by atoms with Gasteiger partial charge in [0.25, 0.3) is 0 Å². The van der Waals surface area contributed by atoms with Crippen molar-refractivity contribution in [1.29, 1.82) is 0 Å². The Kier molecular flexibility index (Phi) is 9.88. The second-order valence-corrected chi connectivity index (χ2v) is 12.4. The number of nitrogens with zero attached hydrogens (tertiary/aromatic N) is 2. The molecule has 2 amide bonds. The summed E-state index contributed by atoms with van der Waals surface area (Å²) < 4.78 is 66.1. The summed E-state index contributed by atoms with van der Waals surface area (Å²) >= 11 is 6.11. The van der Waals surface area contributed by atoms with E-state index in [1.54, 1.807) is 39.8 Å². The Balaban J connectivity index is 2.58. The lowest BCUT2D eigenvalue weighted by Crippen LogP contribution is -2.55. The zero-order valence-electron chi connectivity index (χ0n) is 22.2. The quantitative estimate of drug-likeness (QED) is 0.448. The number of benzene rings is 2. The van der Waals surface area contributed by atoms with E-state index >= 15 is 0 Å². The van der Waals surface area contributed by atoms with Crippen molar-refractivity contribution >= 4 is 39.1 Å². The fourth-order valence-corrected chi connectivity index (χ4v) is 4.94. The molecule has 12 heteroatoms. The first-order valence-corrected chi connectivity index (χ1v) is 14.1. The zero-order chi connectivity index (χ0) is 29.1. The van der Waals surface area contributed by atoms with Crippen LogP contribution in [-0.4, -0.2) is 49.5 Å². The van der Waals surface area contributed by atoms with Crippen LogP contribution in [0.2, 0.25) is 5.02 Å². The molecule has 38 heavy (non-hydrogen) atoms. The van der Waals surface area contributed by atoms with Crippen molar-refractivity contribution in [3.05, 3.63) is 64.2 Å². The molecule has 0 aliphatic heterocycles. The minimum atomic E-state index is -4.76. The van der Waals surface area contributed by atoms with Crippen molar-refractivity contribution < 1.29 is 31.2 Å². The second kappa shape index (κ2) is 11.9. The van der Waals surface area contributed by atoms with Crippen molar-refractivity contribution in [1.82, 2.24) is 10.2 Å². The standard InChI is InChI=1S/C26H33ClF3N3O4S/c1-7-21(24(35)31-25(3,4)5)32(15-18-11-9-8-10-17(18)2)23(34)16-33(38(6,36)37)22-14-19(26(28,29)30)12-13-20(22)27/h8-14,21H,7,15-16H2,1-6H3,(H,31,35). The first-order valence-electron chi connectivity index (χ1n) is 11.9. The van der Waals surface area contributed by atoms with Gasteiger partial charge in [0.1, 0.15) is 12.6 Å². The Morgan fingerprint density at radius 3 is 2.18 bits per heavy atom. The number of nitrogens with one attached hydrogen (secondary N) is 1. The minimum absolute atomic E-state index is 0.0184. The number of hydrogen-bond acceptors (Lipinski definition) is 4. The molecule has 0 spiro atoms. The number of sulfonamides is 1. The van der Waals surface area contributed by atoms with E-state index in [0.29, 0.717) is 10.4 Å². The monoisotopic (exact) mass is 575 g/mol. The number of carbonyl (C=O) groups excluding carboxylic acids is 2. The van der Waals surface area contributed by atoms with Gasteiger partial charge in [-0.25, -0.2) is 8.42 Å². The van der Waals surface area contributed by atoms with Crippen LogP contribution in [-0.2, 0) is 32.3 Å². The zero-order valence-corrected chi connectivity index (χ0v) is 23.8. The van der Waals surface area contributed by atoms with Gasteiger partial charge in [0.2, 0.25) is 21.8 Å². The third-order valence-electron chi connectivity index (χ3n) is 5.71. The number of amides is 2. The molecule has 0 aliphatic rings. The van der Waals surface area contributed by atoms with Crippen LogP contribution in [0.25, 0.3) is 0 Å². The van der Waals surface area contributed by atoms with Crippen LogP contribution in [0.1, 0.15) is 50.8 Å². The molecule has 0 saturated carbocycles. The van der Waals surface area contributed by atoms with Crippen molar-refractivity contribution in [2.75, 3.05) is 17.1 Å². The summed E-state index contributed by atoms with van der Waals surface area (Å²) in [6.07, 6.45) is -3.78. The van der Waals surface area contributed by atoms with Crippen molar-refractivity contribution in [3.8, 4) is 0 Å². The summed E-state index contributed by atoms with van der Waals surface area (Å²) in [4.78, 5) is 28.2. The third kappa shape index (κ3) is 8.36. The summed E-state index contributed by atoms with van der Waals surface area (Å²) in [5.74, 6) is -1.21. The van der Waals surface area contributed by atoms with Crippen LogP contribution in [0, 0.1) is 6.92 Å². The summed E-state index contributed by atoms with van der Waals surface area (Å²) in [5.41, 5.74) is -0.638. The number of rotatable bonds is 9. The van der Waals surface area contributed by atoms with Crippen molar-refractivity contribution in [2.45, 2.75) is 65.3 Å². The number of halogens is 4. The fourth-order valence-electron chi connectivity index (χ4n) is 3.82.